The highest BCUT2D eigenvalue weighted by atomic mass is 32.1. The zero-order valence-electron chi connectivity index (χ0n) is 10.1. The highest BCUT2D eigenvalue weighted by molar-refractivity contribution is 7.11. The molecular weight excluding hydrogens is 206 g/mol. The Morgan fingerprint density at radius 3 is 2.67 bits per heavy atom. The average Bonchev–Trinajstić information content (AvgIpc) is 2.58. The number of thiazole rings is 1. The van der Waals surface area contributed by atoms with Gasteiger partial charge in [-0.05, 0) is 27.6 Å². The summed E-state index contributed by atoms with van der Waals surface area (Å²) in [6.45, 7) is 4.20. The molecule has 0 atom stereocenters. The Morgan fingerprint density at radius 1 is 1.40 bits per heavy atom. The zero-order valence-corrected chi connectivity index (χ0v) is 10.9. The van der Waals surface area contributed by atoms with Crippen LogP contribution in [0.25, 0.3) is 0 Å². The Hall–Kier alpha value is -0.450. The van der Waals surface area contributed by atoms with E-state index in [0.717, 1.165) is 25.9 Å². The van der Waals surface area contributed by atoms with Crippen molar-refractivity contribution >= 4 is 11.3 Å². The van der Waals surface area contributed by atoms with E-state index in [9.17, 15) is 0 Å². The van der Waals surface area contributed by atoms with Gasteiger partial charge in [0.05, 0.1) is 10.7 Å². The van der Waals surface area contributed by atoms with Crippen molar-refractivity contribution in [2.75, 3.05) is 27.7 Å². The van der Waals surface area contributed by atoms with Crippen molar-refractivity contribution in [3.05, 3.63) is 15.6 Å². The normalized spacial score (nSPS) is 11.3. The molecular formula is C11H21N3S. The Balaban J connectivity index is 2.65. The first-order valence-corrected chi connectivity index (χ1v) is 6.25. The van der Waals surface area contributed by atoms with Crippen LogP contribution in [0.4, 0.5) is 0 Å². The molecule has 0 radical (unpaired) electrons. The summed E-state index contributed by atoms with van der Waals surface area (Å²) in [7, 11) is 6.18. The second kappa shape index (κ2) is 6.20. The van der Waals surface area contributed by atoms with E-state index >= 15 is 0 Å². The van der Waals surface area contributed by atoms with Gasteiger partial charge in [-0.2, -0.15) is 0 Å². The minimum absolute atomic E-state index is 0.947. The second-order valence-electron chi connectivity index (χ2n) is 3.91. The molecule has 0 aromatic carbocycles. The summed E-state index contributed by atoms with van der Waals surface area (Å²) >= 11 is 1.85. The first-order valence-electron chi connectivity index (χ1n) is 5.44. The van der Waals surface area contributed by atoms with Crippen LogP contribution in [0, 0.1) is 0 Å². The molecule has 1 heterocycles. The molecule has 0 saturated heterocycles. The van der Waals surface area contributed by atoms with Crippen molar-refractivity contribution in [3.63, 3.8) is 0 Å². The summed E-state index contributed by atoms with van der Waals surface area (Å²) in [6, 6.07) is 0. The van der Waals surface area contributed by atoms with Gasteiger partial charge in [0.15, 0.2) is 0 Å². The van der Waals surface area contributed by atoms with Gasteiger partial charge in [-0.25, -0.2) is 4.98 Å². The van der Waals surface area contributed by atoms with Gasteiger partial charge in [-0.3, -0.25) is 0 Å². The fourth-order valence-electron chi connectivity index (χ4n) is 1.44. The molecule has 86 valence electrons. The maximum Gasteiger partial charge on any atom is 0.0944 e. The molecule has 0 aliphatic heterocycles. The van der Waals surface area contributed by atoms with Crippen LogP contribution >= 0.6 is 11.3 Å². The number of aryl methyl sites for hydroxylation is 1. The van der Waals surface area contributed by atoms with Crippen LogP contribution in [-0.4, -0.2) is 37.6 Å². The average molecular weight is 227 g/mol. The maximum absolute atomic E-state index is 4.67. The van der Waals surface area contributed by atoms with Crippen molar-refractivity contribution in [2.45, 2.75) is 26.3 Å². The fourth-order valence-corrected chi connectivity index (χ4v) is 2.60. The molecule has 0 spiro atoms. The summed E-state index contributed by atoms with van der Waals surface area (Å²) in [5.74, 6) is 0. The van der Waals surface area contributed by atoms with Crippen LogP contribution in [0.2, 0.25) is 0 Å². The summed E-state index contributed by atoms with van der Waals surface area (Å²) in [5.41, 5.74) is 1.27. The summed E-state index contributed by atoms with van der Waals surface area (Å²) in [6.07, 6.45) is 2.10. The molecule has 0 bridgehead atoms. The maximum atomic E-state index is 4.67. The first kappa shape index (κ1) is 12.6. The monoisotopic (exact) mass is 227 g/mol. The lowest BCUT2D eigenvalue weighted by atomic mass is 10.3. The van der Waals surface area contributed by atoms with E-state index in [1.54, 1.807) is 0 Å². The number of nitrogens with zero attached hydrogens (tertiary/aromatic N) is 2. The van der Waals surface area contributed by atoms with E-state index in [1.165, 1.54) is 15.6 Å². The standard InChI is InChI=1S/C11H21N3S/c1-5-9-10(8-12-2)15-11(13-9)6-7-14(3)4/h12H,5-8H2,1-4H3. The van der Waals surface area contributed by atoms with Crippen LogP contribution in [-0.2, 0) is 19.4 Å². The molecule has 1 rings (SSSR count). The number of hydrogen-bond donors (Lipinski definition) is 1. The molecule has 0 saturated carbocycles. The molecule has 0 aliphatic rings. The van der Waals surface area contributed by atoms with E-state index in [2.05, 4.69) is 36.2 Å². The van der Waals surface area contributed by atoms with E-state index < -0.39 is 0 Å². The van der Waals surface area contributed by atoms with Crippen molar-refractivity contribution in [1.82, 2.24) is 15.2 Å². The summed E-state index contributed by atoms with van der Waals surface area (Å²) in [4.78, 5) is 8.27. The topological polar surface area (TPSA) is 28.2 Å². The zero-order chi connectivity index (χ0) is 11.3. The summed E-state index contributed by atoms with van der Waals surface area (Å²) < 4.78 is 0. The van der Waals surface area contributed by atoms with Gasteiger partial charge < -0.3 is 10.2 Å². The Kier molecular flexibility index (Phi) is 5.22. The summed E-state index contributed by atoms with van der Waals surface area (Å²) in [5, 5.41) is 4.47. The molecule has 1 N–H and O–H groups in total. The van der Waals surface area contributed by atoms with Crippen molar-refractivity contribution in [1.29, 1.82) is 0 Å². The van der Waals surface area contributed by atoms with Crippen molar-refractivity contribution in [2.24, 2.45) is 0 Å². The third-order valence-corrected chi connectivity index (χ3v) is 3.43. The minimum atomic E-state index is 0.947. The lowest BCUT2D eigenvalue weighted by Gasteiger charge is -2.06. The van der Waals surface area contributed by atoms with E-state index in [1.807, 2.05) is 18.4 Å². The Labute approximate surface area is 96.5 Å². The number of hydrogen-bond acceptors (Lipinski definition) is 4. The SMILES string of the molecule is CCc1nc(CCN(C)C)sc1CNC. The molecule has 1 aromatic rings. The number of nitrogens with one attached hydrogen (secondary N) is 1. The van der Waals surface area contributed by atoms with Crippen LogP contribution < -0.4 is 5.32 Å². The van der Waals surface area contributed by atoms with Crippen molar-refractivity contribution in [3.8, 4) is 0 Å². The fraction of sp³-hybridized carbons (Fsp3) is 0.727. The van der Waals surface area contributed by atoms with Gasteiger partial charge >= 0.3 is 0 Å². The quantitative estimate of drug-likeness (QED) is 0.799. The highest BCUT2D eigenvalue weighted by Crippen LogP contribution is 2.19. The predicted octanol–water partition coefficient (Wildman–Crippen LogP) is 1.53. The van der Waals surface area contributed by atoms with Crippen LogP contribution in [0.1, 0.15) is 22.5 Å². The molecule has 1 aromatic heterocycles. The third-order valence-electron chi connectivity index (χ3n) is 2.27. The smallest absolute Gasteiger partial charge is 0.0944 e. The predicted molar refractivity (Wildman–Crippen MR) is 66.5 cm³/mol. The highest BCUT2D eigenvalue weighted by Gasteiger charge is 2.08. The van der Waals surface area contributed by atoms with Gasteiger partial charge in [0.2, 0.25) is 0 Å². The molecule has 0 amide bonds. The van der Waals surface area contributed by atoms with E-state index in [-0.39, 0.29) is 0 Å². The lowest BCUT2D eigenvalue weighted by Crippen LogP contribution is -2.14. The molecule has 0 aliphatic carbocycles. The van der Waals surface area contributed by atoms with Crippen LogP contribution in [0.15, 0.2) is 0 Å². The van der Waals surface area contributed by atoms with Gasteiger partial charge in [0.1, 0.15) is 0 Å². The molecule has 0 fully saturated rings. The van der Waals surface area contributed by atoms with Gasteiger partial charge in [-0.15, -0.1) is 11.3 Å². The van der Waals surface area contributed by atoms with Gasteiger partial charge in [0, 0.05) is 24.4 Å². The van der Waals surface area contributed by atoms with Gasteiger partial charge in [-0.1, -0.05) is 6.92 Å². The molecule has 4 heteroatoms. The third kappa shape index (κ3) is 3.89. The number of rotatable bonds is 6. The Bertz CT molecular complexity index is 294. The van der Waals surface area contributed by atoms with Crippen LogP contribution in [0.5, 0.6) is 0 Å². The largest absolute Gasteiger partial charge is 0.315 e. The second-order valence-corrected chi connectivity index (χ2v) is 5.08. The molecule has 3 nitrogen and oxygen atoms in total. The van der Waals surface area contributed by atoms with E-state index in [0.29, 0.717) is 0 Å². The Morgan fingerprint density at radius 2 is 2.13 bits per heavy atom. The van der Waals surface area contributed by atoms with Crippen molar-refractivity contribution < 1.29 is 0 Å². The minimum Gasteiger partial charge on any atom is -0.315 e. The number of aromatic nitrogens is 1. The lowest BCUT2D eigenvalue weighted by molar-refractivity contribution is 0.413. The molecule has 15 heavy (non-hydrogen) atoms. The number of likely N-dealkylation sites (N-methyl/N-ethyl adjacent to an activating group) is 1. The molecule has 0 unspecified atom stereocenters. The first-order chi connectivity index (χ1) is 7.17. The van der Waals surface area contributed by atoms with E-state index in [4.69, 9.17) is 0 Å². The van der Waals surface area contributed by atoms with Gasteiger partial charge in [0.25, 0.3) is 0 Å². The van der Waals surface area contributed by atoms with Crippen LogP contribution in [0.3, 0.4) is 0 Å².